The summed E-state index contributed by atoms with van der Waals surface area (Å²) in [5.74, 6) is 1.70. The molecule has 0 saturated heterocycles. The Morgan fingerprint density at radius 2 is 1.57 bits per heavy atom. The predicted octanol–water partition coefficient (Wildman–Crippen LogP) is 6.08. The smallest absolute Gasteiger partial charge is 0.129 e. The van der Waals surface area contributed by atoms with Gasteiger partial charge in [-0.05, 0) is 49.4 Å². The average Bonchev–Trinajstić information content (AvgIpc) is 2.72. The van der Waals surface area contributed by atoms with Crippen molar-refractivity contribution in [2.75, 3.05) is 7.11 Å². The molecule has 3 heteroatoms. The fourth-order valence-corrected chi connectivity index (χ4v) is 3.59. The van der Waals surface area contributed by atoms with E-state index in [1.54, 1.807) is 7.11 Å². The van der Waals surface area contributed by atoms with Gasteiger partial charge in [-0.1, -0.05) is 49.7 Å². The number of rotatable bonds is 7. The molecular formula is C25H29NO2. The van der Waals surface area contributed by atoms with Crippen molar-refractivity contribution in [3.8, 4) is 22.8 Å². The van der Waals surface area contributed by atoms with E-state index in [4.69, 9.17) is 14.5 Å². The number of aromatic nitrogens is 1. The van der Waals surface area contributed by atoms with E-state index >= 15 is 0 Å². The number of ether oxygens (including phenoxy) is 2. The first-order valence-electron chi connectivity index (χ1n) is 9.91. The van der Waals surface area contributed by atoms with E-state index < -0.39 is 0 Å². The lowest BCUT2D eigenvalue weighted by atomic mass is 9.94. The molecule has 0 N–H and O–H groups in total. The Morgan fingerprint density at radius 1 is 0.857 bits per heavy atom. The number of hydrogen-bond donors (Lipinski definition) is 0. The Morgan fingerprint density at radius 3 is 2.18 bits per heavy atom. The molecule has 1 heterocycles. The molecule has 0 atom stereocenters. The van der Waals surface area contributed by atoms with Gasteiger partial charge in [0.25, 0.3) is 0 Å². The Balaban J connectivity index is 1.91. The largest absolute Gasteiger partial charge is 0.496 e. The highest BCUT2D eigenvalue weighted by atomic mass is 16.5. The Hall–Kier alpha value is -2.81. The molecule has 0 aliphatic carbocycles. The van der Waals surface area contributed by atoms with Crippen LogP contribution in [0, 0.1) is 13.8 Å². The van der Waals surface area contributed by atoms with Gasteiger partial charge in [-0.3, -0.25) is 4.98 Å². The van der Waals surface area contributed by atoms with Gasteiger partial charge in [0.15, 0.2) is 0 Å². The zero-order valence-corrected chi connectivity index (χ0v) is 17.5. The van der Waals surface area contributed by atoms with Crippen LogP contribution in [-0.2, 0) is 19.4 Å². The molecule has 3 nitrogen and oxygen atoms in total. The molecule has 28 heavy (non-hydrogen) atoms. The normalized spacial score (nSPS) is 10.8. The van der Waals surface area contributed by atoms with Crippen LogP contribution in [0.25, 0.3) is 11.3 Å². The minimum atomic E-state index is 0.427. The van der Waals surface area contributed by atoms with Crippen LogP contribution in [0.3, 0.4) is 0 Å². The van der Waals surface area contributed by atoms with Crippen molar-refractivity contribution >= 4 is 0 Å². The Labute approximate surface area is 168 Å². The van der Waals surface area contributed by atoms with Gasteiger partial charge in [-0.15, -0.1) is 0 Å². The van der Waals surface area contributed by atoms with Crippen LogP contribution >= 0.6 is 0 Å². The molecule has 2 aromatic carbocycles. The van der Waals surface area contributed by atoms with Crippen LogP contribution in [0.2, 0.25) is 0 Å². The van der Waals surface area contributed by atoms with E-state index in [2.05, 4.69) is 58.0 Å². The van der Waals surface area contributed by atoms with E-state index in [1.165, 1.54) is 22.3 Å². The molecule has 0 bridgehead atoms. The highest BCUT2D eigenvalue weighted by Gasteiger charge is 2.14. The van der Waals surface area contributed by atoms with Crippen LogP contribution in [0.15, 0.2) is 48.7 Å². The van der Waals surface area contributed by atoms with Crippen LogP contribution < -0.4 is 9.47 Å². The summed E-state index contributed by atoms with van der Waals surface area (Å²) >= 11 is 0. The maximum atomic E-state index is 6.04. The van der Waals surface area contributed by atoms with Gasteiger partial charge in [0.1, 0.15) is 18.1 Å². The molecular weight excluding hydrogens is 346 g/mol. The standard InChI is InChI=1S/C25H29NO2/c1-6-19-9-8-10-20(7-2)25(19)22-14-24(27-5)21(15-26-22)16-28-23-12-11-17(3)13-18(23)4/h8-15H,6-7,16H2,1-5H3. The second-order valence-electron chi connectivity index (χ2n) is 7.10. The maximum absolute atomic E-state index is 6.04. The first-order chi connectivity index (χ1) is 13.6. The zero-order valence-electron chi connectivity index (χ0n) is 17.5. The molecule has 0 aliphatic heterocycles. The third-order valence-electron chi connectivity index (χ3n) is 5.13. The summed E-state index contributed by atoms with van der Waals surface area (Å²) in [6.45, 7) is 8.94. The Kier molecular flexibility index (Phi) is 6.35. The number of benzene rings is 2. The van der Waals surface area contributed by atoms with Crippen molar-refractivity contribution < 1.29 is 9.47 Å². The first kappa shape index (κ1) is 19.9. The third-order valence-corrected chi connectivity index (χ3v) is 5.13. The van der Waals surface area contributed by atoms with Gasteiger partial charge in [-0.2, -0.15) is 0 Å². The molecule has 0 fully saturated rings. The second kappa shape index (κ2) is 8.92. The molecule has 0 unspecified atom stereocenters. The van der Waals surface area contributed by atoms with Crippen LogP contribution in [0.5, 0.6) is 11.5 Å². The lowest BCUT2D eigenvalue weighted by molar-refractivity contribution is 0.294. The van der Waals surface area contributed by atoms with Crippen molar-refractivity contribution in [2.24, 2.45) is 0 Å². The van der Waals surface area contributed by atoms with Crippen molar-refractivity contribution in [3.05, 3.63) is 76.5 Å². The fourth-order valence-electron chi connectivity index (χ4n) is 3.59. The Bertz CT molecular complexity index is 941. The van der Waals surface area contributed by atoms with Gasteiger partial charge < -0.3 is 9.47 Å². The molecule has 146 valence electrons. The zero-order chi connectivity index (χ0) is 20.1. The van der Waals surface area contributed by atoms with Crippen LogP contribution in [-0.4, -0.2) is 12.1 Å². The second-order valence-corrected chi connectivity index (χ2v) is 7.10. The molecule has 1 aromatic heterocycles. The van der Waals surface area contributed by atoms with Gasteiger partial charge in [0.2, 0.25) is 0 Å². The molecule has 3 aromatic rings. The summed E-state index contributed by atoms with van der Waals surface area (Å²) in [7, 11) is 1.70. The highest BCUT2D eigenvalue weighted by molar-refractivity contribution is 5.69. The quantitative estimate of drug-likeness (QED) is 0.502. The predicted molar refractivity (Wildman–Crippen MR) is 115 cm³/mol. The van der Waals surface area contributed by atoms with Gasteiger partial charge in [0, 0.05) is 23.4 Å². The number of hydrogen-bond acceptors (Lipinski definition) is 3. The third kappa shape index (κ3) is 4.19. The van der Waals surface area contributed by atoms with E-state index in [-0.39, 0.29) is 0 Å². The number of aryl methyl sites for hydroxylation is 4. The van der Waals surface area contributed by atoms with E-state index in [0.29, 0.717) is 6.61 Å². The lowest BCUT2D eigenvalue weighted by Gasteiger charge is -2.16. The molecule has 3 rings (SSSR count). The molecule has 0 saturated carbocycles. The van der Waals surface area contributed by atoms with Crippen molar-refractivity contribution in [1.29, 1.82) is 0 Å². The summed E-state index contributed by atoms with van der Waals surface area (Å²) < 4.78 is 11.7. The monoisotopic (exact) mass is 375 g/mol. The first-order valence-corrected chi connectivity index (χ1v) is 9.91. The molecule has 0 spiro atoms. The summed E-state index contributed by atoms with van der Waals surface area (Å²) in [4.78, 5) is 4.76. The highest BCUT2D eigenvalue weighted by Crippen LogP contribution is 2.32. The van der Waals surface area contributed by atoms with Crippen LogP contribution in [0.4, 0.5) is 0 Å². The SMILES string of the molecule is CCc1cccc(CC)c1-c1cc(OC)c(COc2ccc(C)cc2C)cn1. The minimum Gasteiger partial charge on any atom is -0.496 e. The lowest BCUT2D eigenvalue weighted by Crippen LogP contribution is -2.03. The van der Waals surface area contributed by atoms with Crippen LogP contribution in [0.1, 0.15) is 41.7 Å². The fraction of sp³-hybridized carbons (Fsp3) is 0.320. The maximum Gasteiger partial charge on any atom is 0.129 e. The topological polar surface area (TPSA) is 31.4 Å². The molecule has 0 amide bonds. The number of methoxy groups -OCH3 is 1. The number of nitrogens with zero attached hydrogens (tertiary/aromatic N) is 1. The van der Waals surface area contributed by atoms with Crippen molar-refractivity contribution in [1.82, 2.24) is 4.98 Å². The summed E-state index contributed by atoms with van der Waals surface area (Å²) in [5, 5.41) is 0. The molecule has 0 aliphatic rings. The molecule has 0 radical (unpaired) electrons. The average molecular weight is 376 g/mol. The van der Waals surface area contributed by atoms with Gasteiger partial charge in [0.05, 0.1) is 12.8 Å². The minimum absolute atomic E-state index is 0.427. The van der Waals surface area contributed by atoms with E-state index in [1.807, 2.05) is 18.3 Å². The van der Waals surface area contributed by atoms with E-state index in [0.717, 1.165) is 41.2 Å². The summed E-state index contributed by atoms with van der Waals surface area (Å²) in [6, 6.07) is 14.7. The van der Waals surface area contributed by atoms with Crippen molar-refractivity contribution in [2.45, 2.75) is 47.1 Å². The summed E-state index contributed by atoms with van der Waals surface area (Å²) in [5.41, 5.74) is 8.12. The number of pyridine rings is 1. The van der Waals surface area contributed by atoms with Gasteiger partial charge in [-0.25, -0.2) is 0 Å². The van der Waals surface area contributed by atoms with E-state index in [9.17, 15) is 0 Å². The summed E-state index contributed by atoms with van der Waals surface area (Å²) in [6.07, 6.45) is 3.83. The van der Waals surface area contributed by atoms with Crippen molar-refractivity contribution in [3.63, 3.8) is 0 Å². The van der Waals surface area contributed by atoms with Gasteiger partial charge >= 0.3 is 0 Å².